The number of carbonyl (C=O) groups excluding carboxylic acids is 1. The molecule has 0 aromatic rings. The second-order valence-corrected chi connectivity index (χ2v) is 4.87. The van der Waals surface area contributed by atoms with Crippen molar-refractivity contribution in [3.8, 4) is 0 Å². The van der Waals surface area contributed by atoms with Gasteiger partial charge in [-0.2, -0.15) is 0 Å². The Morgan fingerprint density at radius 2 is 1.85 bits per heavy atom. The summed E-state index contributed by atoms with van der Waals surface area (Å²) in [5.41, 5.74) is -0.433. The summed E-state index contributed by atoms with van der Waals surface area (Å²) in [5, 5.41) is 12.0. The van der Waals surface area contributed by atoms with Crippen LogP contribution < -0.4 is 5.32 Å². The van der Waals surface area contributed by atoms with Crippen molar-refractivity contribution in [3.05, 3.63) is 0 Å². The van der Waals surface area contributed by atoms with Crippen molar-refractivity contribution >= 4 is 5.91 Å². The first kappa shape index (κ1) is 12.4. The van der Waals surface area contributed by atoms with Crippen LogP contribution in [0.25, 0.3) is 0 Å². The average Bonchev–Trinajstić information content (AvgIpc) is 1.82. The van der Waals surface area contributed by atoms with Crippen LogP contribution in [-0.2, 0) is 4.79 Å². The van der Waals surface area contributed by atoms with E-state index in [1.165, 1.54) is 0 Å². The summed E-state index contributed by atoms with van der Waals surface area (Å²) in [5.74, 6) is 0.274. The maximum absolute atomic E-state index is 11.4. The maximum Gasteiger partial charge on any atom is 0.227 e. The first-order chi connectivity index (χ1) is 5.73. The van der Waals surface area contributed by atoms with Crippen molar-refractivity contribution in [1.82, 2.24) is 5.32 Å². The third-order valence-electron chi connectivity index (χ3n) is 1.67. The van der Waals surface area contributed by atoms with Crippen molar-refractivity contribution < 1.29 is 9.90 Å². The van der Waals surface area contributed by atoms with Gasteiger partial charge in [-0.25, -0.2) is 0 Å². The minimum absolute atomic E-state index is 0.111. The number of aliphatic hydroxyl groups is 1. The van der Waals surface area contributed by atoms with E-state index in [9.17, 15) is 9.90 Å². The van der Waals surface area contributed by atoms with Gasteiger partial charge in [0, 0.05) is 5.41 Å². The predicted molar refractivity (Wildman–Crippen MR) is 53.1 cm³/mol. The fraction of sp³-hybridized carbons (Fsp3) is 0.900. The quantitative estimate of drug-likeness (QED) is 0.658. The number of carbonyl (C=O) groups is 1. The number of hydrogen-bond donors (Lipinski definition) is 2. The number of hydrogen-bond acceptors (Lipinski definition) is 2. The van der Waals surface area contributed by atoms with Gasteiger partial charge in [0.05, 0.1) is 0 Å². The van der Waals surface area contributed by atoms with E-state index in [-0.39, 0.29) is 5.91 Å². The molecule has 0 rings (SSSR count). The lowest BCUT2D eigenvalue weighted by Crippen LogP contribution is -2.42. The van der Waals surface area contributed by atoms with E-state index in [0.717, 1.165) is 0 Å². The molecule has 0 saturated carbocycles. The fourth-order valence-electron chi connectivity index (χ4n) is 0.873. The van der Waals surface area contributed by atoms with Crippen LogP contribution in [0.2, 0.25) is 0 Å². The Bertz CT molecular complexity index is 170. The van der Waals surface area contributed by atoms with Crippen LogP contribution in [0.15, 0.2) is 0 Å². The number of aliphatic hydroxyl groups excluding tert-OH is 1. The minimum Gasteiger partial charge on any atom is -0.374 e. The summed E-state index contributed by atoms with van der Waals surface area (Å²) < 4.78 is 0. The molecule has 2 N–H and O–H groups in total. The lowest BCUT2D eigenvalue weighted by atomic mass is 9.95. The van der Waals surface area contributed by atoms with E-state index in [1.54, 1.807) is 0 Å². The third-order valence-corrected chi connectivity index (χ3v) is 1.67. The molecule has 0 aliphatic heterocycles. The van der Waals surface area contributed by atoms with Crippen LogP contribution in [0.4, 0.5) is 0 Å². The van der Waals surface area contributed by atoms with E-state index < -0.39 is 11.6 Å². The van der Waals surface area contributed by atoms with Gasteiger partial charge in [0.2, 0.25) is 5.91 Å². The van der Waals surface area contributed by atoms with Crippen LogP contribution in [0.3, 0.4) is 0 Å². The lowest BCUT2D eigenvalue weighted by molar-refractivity contribution is -0.131. The second kappa shape index (κ2) is 4.61. The van der Waals surface area contributed by atoms with Gasteiger partial charge >= 0.3 is 0 Å². The van der Waals surface area contributed by atoms with Crippen LogP contribution in [-0.4, -0.2) is 17.2 Å². The van der Waals surface area contributed by atoms with E-state index >= 15 is 0 Å². The molecule has 3 nitrogen and oxygen atoms in total. The molecule has 0 heterocycles. The molecule has 0 aromatic carbocycles. The molecule has 0 saturated heterocycles. The Morgan fingerprint density at radius 3 is 2.15 bits per heavy atom. The van der Waals surface area contributed by atoms with E-state index in [0.29, 0.717) is 12.3 Å². The van der Waals surface area contributed by atoms with Gasteiger partial charge in [-0.3, -0.25) is 4.79 Å². The summed E-state index contributed by atoms with van der Waals surface area (Å²) in [6.45, 7) is 9.48. The zero-order valence-corrected chi connectivity index (χ0v) is 9.22. The van der Waals surface area contributed by atoms with Gasteiger partial charge in [-0.05, 0) is 12.3 Å². The highest BCUT2D eigenvalue weighted by atomic mass is 16.3. The predicted octanol–water partition coefficient (Wildman–Crippen LogP) is 1.51. The topological polar surface area (TPSA) is 49.3 Å². The Balaban J connectivity index is 3.93. The normalized spacial score (nSPS) is 14.4. The van der Waals surface area contributed by atoms with Gasteiger partial charge in [-0.15, -0.1) is 0 Å². The minimum atomic E-state index is -0.716. The zero-order chi connectivity index (χ0) is 10.6. The summed E-state index contributed by atoms with van der Waals surface area (Å²) in [7, 11) is 0. The molecular weight excluding hydrogens is 166 g/mol. The molecule has 0 fully saturated rings. The van der Waals surface area contributed by atoms with Crippen LogP contribution >= 0.6 is 0 Å². The Kier molecular flexibility index (Phi) is 4.40. The van der Waals surface area contributed by atoms with Crippen LogP contribution in [0, 0.1) is 11.3 Å². The summed E-state index contributed by atoms with van der Waals surface area (Å²) in [6.07, 6.45) is -0.117. The van der Waals surface area contributed by atoms with E-state index in [2.05, 4.69) is 5.32 Å². The van der Waals surface area contributed by atoms with Crippen LogP contribution in [0.1, 0.15) is 41.0 Å². The molecule has 3 heteroatoms. The van der Waals surface area contributed by atoms with Crippen molar-refractivity contribution in [1.29, 1.82) is 0 Å². The third kappa shape index (κ3) is 5.64. The average molecular weight is 187 g/mol. The standard InChI is InChI=1S/C10H21NO2/c1-7(2)6-8(12)11-9(13)10(3,4)5/h7-8,12H,6H2,1-5H3,(H,11,13). The molecule has 1 atom stereocenters. The Hall–Kier alpha value is -0.570. The first-order valence-corrected chi connectivity index (χ1v) is 4.72. The summed E-state index contributed by atoms with van der Waals surface area (Å²) in [6, 6.07) is 0. The largest absolute Gasteiger partial charge is 0.374 e. The smallest absolute Gasteiger partial charge is 0.227 e. The Labute approximate surface area is 80.5 Å². The Morgan fingerprint density at radius 1 is 1.38 bits per heavy atom. The summed E-state index contributed by atoms with van der Waals surface area (Å²) >= 11 is 0. The molecule has 1 amide bonds. The zero-order valence-electron chi connectivity index (χ0n) is 9.22. The number of nitrogens with one attached hydrogen (secondary N) is 1. The highest BCUT2D eigenvalue weighted by Gasteiger charge is 2.23. The highest BCUT2D eigenvalue weighted by Crippen LogP contribution is 2.13. The van der Waals surface area contributed by atoms with Gasteiger partial charge in [0.15, 0.2) is 0 Å². The molecule has 0 bridgehead atoms. The molecule has 0 aromatic heterocycles. The van der Waals surface area contributed by atoms with Crippen molar-refractivity contribution in [2.75, 3.05) is 0 Å². The highest BCUT2D eigenvalue weighted by molar-refractivity contribution is 5.81. The molecule has 0 aliphatic carbocycles. The van der Waals surface area contributed by atoms with E-state index in [4.69, 9.17) is 0 Å². The molecule has 0 radical (unpaired) electrons. The molecule has 13 heavy (non-hydrogen) atoms. The first-order valence-electron chi connectivity index (χ1n) is 4.72. The van der Waals surface area contributed by atoms with Gasteiger partial charge in [0.25, 0.3) is 0 Å². The number of rotatable bonds is 3. The van der Waals surface area contributed by atoms with Gasteiger partial charge in [0.1, 0.15) is 6.23 Å². The molecule has 0 spiro atoms. The molecule has 0 aliphatic rings. The molecular formula is C10H21NO2. The number of amides is 1. The molecule has 78 valence electrons. The second-order valence-electron chi connectivity index (χ2n) is 4.87. The van der Waals surface area contributed by atoms with Crippen molar-refractivity contribution in [2.45, 2.75) is 47.3 Å². The lowest BCUT2D eigenvalue weighted by Gasteiger charge is -2.21. The summed E-state index contributed by atoms with van der Waals surface area (Å²) in [4.78, 5) is 11.4. The van der Waals surface area contributed by atoms with Gasteiger partial charge in [-0.1, -0.05) is 34.6 Å². The fourth-order valence-corrected chi connectivity index (χ4v) is 0.873. The van der Waals surface area contributed by atoms with E-state index in [1.807, 2.05) is 34.6 Å². The monoisotopic (exact) mass is 187 g/mol. The van der Waals surface area contributed by atoms with Gasteiger partial charge < -0.3 is 10.4 Å². The van der Waals surface area contributed by atoms with Crippen molar-refractivity contribution in [3.63, 3.8) is 0 Å². The maximum atomic E-state index is 11.4. The molecule has 1 unspecified atom stereocenters. The SMILES string of the molecule is CC(C)CC(O)NC(=O)C(C)(C)C. The van der Waals surface area contributed by atoms with Crippen LogP contribution in [0.5, 0.6) is 0 Å². The van der Waals surface area contributed by atoms with Crippen molar-refractivity contribution in [2.24, 2.45) is 11.3 Å².